The molecule has 3 heteroatoms. The lowest BCUT2D eigenvalue weighted by Crippen LogP contribution is -2.11. The van der Waals surface area contributed by atoms with E-state index in [0.29, 0.717) is 0 Å². The zero-order valence-electron chi connectivity index (χ0n) is 16.3. The number of para-hydroxylation sites is 1. The normalized spacial score (nSPS) is 13.1. The van der Waals surface area contributed by atoms with E-state index in [9.17, 15) is 0 Å². The Kier molecular flexibility index (Phi) is 3.85. The summed E-state index contributed by atoms with van der Waals surface area (Å²) in [5.74, 6) is 1.67. The van der Waals surface area contributed by atoms with E-state index in [4.69, 9.17) is 4.74 Å². The molecule has 0 aromatic heterocycles. The van der Waals surface area contributed by atoms with Crippen LogP contribution in [0.3, 0.4) is 0 Å². The Morgan fingerprint density at radius 2 is 0.933 bits per heavy atom. The lowest BCUT2D eigenvalue weighted by atomic mass is 9.99. The second-order valence-electron chi connectivity index (χ2n) is 7.55. The van der Waals surface area contributed by atoms with Gasteiger partial charge >= 0.3 is 0 Å². The monoisotopic (exact) mass is 388 g/mol. The smallest absolute Gasteiger partial charge is 0.127 e. The van der Waals surface area contributed by atoms with Crippen LogP contribution in [0.5, 0.6) is 11.5 Å². The van der Waals surface area contributed by atoms with E-state index >= 15 is 0 Å². The third-order valence-electron chi connectivity index (χ3n) is 5.70. The first kappa shape index (κ1) is 16.9. The van der Waals surface area contributed by atoms with Gasteiger partial charge < -0.3 is 15.4 Å². The third-order valence-corrected chi connectivity index (χ3v) is 5.70. The lowest BCUT2D eigenvalue weighted by molar-refractivity contribution is 0.482. The van der Waals surface area contributed by atoms with E-state index < -0.39 is 0 Å². The molecule has 0 saturated carbocycles. The van der Waals surface area contributed by atoms with Gasteiger partial charge in [-0.3, -0.25) is 0 Å². The van der Waals surface area contributed by atoms with Crippen molar-refractivity contribution < 1.29 is 4.74 Å². The van der Waals surface area contributed by atoms with Crippen molar-refractivity contribution in [1.82, 2.24) is 0 Å². The van der Waals surface area contributed by atoms with Crippen LogP contribution in [0.4, 0.5) is 11.4 Å². The molecule has 3 nitrogen and oxygen atoms in total. The van der Waals surface area contributed by atoms with Crippen molar-refractivity contribution >= 4 is 32.9 Å². The maximum absolute atomic E-state index is 5.93. The highest BCUT2D eigenvalue weighted by Gasteiger charge is 2.25. The fraction of sp³-hybridized carbons (Fsp3) is 0.0370. The largest absolute Gasteiger partial charge is 0.457 e. The van der Waals surface area contributed by atoms with Gasteiger partial charge in [0.05, 0.1) is 11.4 Å². The topological polar surface area (TPSA) is 33.3 Å². The minimum absolute atomic E-state index is 0.0139. The molecule has 6 rings (SSSR count). The van der Waals surface area contributed by atoms with Crippen molar-refractivity contribution in [2.45, 2.75) is 6.17 Å². The van der Waals surface area contributed by atoms with Gasteiger partial charge in [-0.1, -0.05) is 78.9 Å². The molecule has 0 saturated heterocycles. The van der Waals surface area contributed by atoms with Crippen LogP contribution in [-0.4, -0.2) is 0 Å². The van der Waals surface area contributed by atoms with Crippen LogP contribution >= 0.6 is 0 Å². The molecule has 0 amide bonds. The number of rotatable bonds is 3. The molecule has 30 heavy (non-hydrogen) atoms. The van der Waals surface area contributed by atoms with E-state index in [2.05, 4.69) is 71.3 Å². The number of benzene rings is 5. The van der Waals surface area contributed by atoms with Crippen molar-refractivity contribution in [3.63, 3.8) is 0 Å². The number of hydrogen-bond acceptors (Lipinski definition) is 3. The molecular formula is C27H20N2O. The van der Waals surface area contributed by atoms with Gasteiger partial charge in [0.25, 0.3) is 0 Å². The summed E-state index contributed by atoms with van der Waals surface area (Å²) in [4.78, 5) is 0. The zero-order chi connectivity index (χ0) is 19.9. The standard InChI is InChI=1S/C27H20N2O/c1-2-8-19(9-3-1)30-20-16-14-18(15-17-20)27-28-25-23-12-6-4-10-21(23)22-11-5-7-13-24(22)26(25)29-27/h1-17,27-29H. The summed E-state index contributed by atoms with van der Waals surface area (Å²) in [6.45, 7) is 0. The number of anilines is 2. The van der Waals surface area contributed by atoms with Crippen LogP contribution in [0.2, 0.25) is 0 Å². The zero-order valence-corrected chi connectivity index (χ0v) is 16.3. The molecule has 1 heterocycles. The first-order valence-corrected chi connectivity index (χ1v) is 10.2. The summed E-state index contributed by atoms with van der Waals surface area (Å²) in [5.41, 5.74) is 3.50. The van der Waals surface area contributed by atoms with Gasteiger partial charge in [0, 0.05) is 10.8 Å². The summed E-state index contributed by atoms with van der Waals surface area (Å²) in [5, 5.41) is 12.4. The van der Waals surface area contributed by atoms with Crippen LogP contribution in [-0.2, 0) is 0 Å². The summed E-state index contributed by atoms with van der Waals surface area (Å²) in [6.07, 6.45) is 0.0139. The van der Waals surface area contributed by atoms with Gasteiger partial charge in [0.2, 0.25) is 0 Å². The highest BCUT2D eigenvalue weighted by molar-refractivity contribution is 6.21. The number of ether oxygens (including phenoxy) is 1. The number of nitrogens with one attached hydrogen (secondary N) is 2. The first-order chi connectivity index (χ1) is 14.9. The van der Waals surface area contributed by atoms with Crippen LogP contribution in [0.15, 0.2) is 103 Å². The van der Waals surface area contributed by atoms with Gasteiger partial charge in [0.15, 0.2) is 0 Å². The Morgan fingerprint density at radius 1 is 0.467 bits per heavy atom. The predicted octanol–water partition coefficient (Wildman–Crippen LogP) is 7.32. The maximum atomic E-state index is 5.93. The van der Waals surface area contributed by atoms with Crippen LogP contribution < -0.4 is 15.4 Å². The van der Waals surface area contributed by atoms with E-state index in [1.54, 1.807) is 0 Å². The minimum atomic E-state index is 0.0139. The fourth-order valence-electron chi connectivity index (χ4n) is 4.29. The second-order valence-corrected chi connectivity index (χ2v) is 7.55. The maximum Gasteiger partial charge on any atom is 0.127 e. The van der Waals surface area contributed by atoms with Gasteiger partial charge in [0.1, 0.15) is 17.7 Å². The SMILES string of the molecule is c1ccc(Oc2ccc(C3Nc4c(c5ccccc5c5ccccc45)N3)cc2)cc1. The van der Waals surface area contributed by atoms with Gasteiger partial charge in [-0.15, -0.1) is 0 Å². The van der Waals surface area contributed by atoms with Crippen LogP contribution in [0.25, 0.3) is 21.5 Å². The highest BCUT2D eigenvalue weighted by Crippen LogP contribution is 2.46. The molecule has 144 valence electrons. The second kappa shape index (κ2) is 6.82. The Morgan fingerprint density at radius 3 is 1.50 bits per heavy atom. The van der Waals surface area contributed by atoms with Crippen molar-refractivity contribution in [1.29, 1.82) is 0 Å². The molecule has 0 spiro atoms. The molecule has 0 atom stereocenters. The van der Waals surface area contributed by atoms with Gasteiger partial charge in [-0.2, -0.15) is 0 Å². The Balaban J connectivity index is 1.36. The summed E-state index contributed by atoms with van der Waals surface area (Å²) in [6, 6.07) is 35.3. The Hall–Kier alpha value is -3.98. The Labute approximate surface area is 174 Å². The first-order valence-electron chi connectivity index (χ1n) is 10.2. The van der Waals surface area contributed by atoms with Gasteiger partial charge in [-0.25, -0.2) is 0 Å². The molecule has 1 aliphatic heterocycles. The van der Waals surface area contributed by atoms with Crippen molar-refractivity contribution in [3.8, 4) is 11.5 Å². The molecule has 0 aliphatic carbocycles. The van der Waals surface area contributed by atoms with Crippen molar-refractivity contribution in [3.05, 3.63) is 109 Å². The van der Waals surface area contributed by atoms with E-state index in [0.717, 1.165) is 11.5 Å². The molecular weight excluding hydrogens is 368 g/mol. The molecule has 2 N–H and O–H groups in total. The average Bonchev–Trinajstić information content (AvgIpc) is 3.26. The molecule has 0 unspecified atom stereocenters. The highest BCUT2D eigenvalue weighted by atomic mass is 16.5. The minimum Gasteiger partial charge on any atom is -0.457 e. The fourth-order valence-corrected chi connectivity index (χ4v) is 4.29. The number of fused-ring (bicyclic) bond motifs is 6. The Bertz CT molecular complexity index is 1300. The van der Waals surface area contributed by atoms with Gasteiger partial charge in [-0.05, 0) is 40.6 Å². The van der Waals surface area contributed by atoms with Crippen molar-refractivity contribution in [2.75, 3.05) is 10.6 Å². The van der Waals surface area contributed by atoms with Crippen LogP contribution in [0.1, 0.15) is 11.7 Å². The molecule has 0 bridgehead atoms. The molecule has 0 fully saturated rings. The summed E-state index contributed by atoms with van der Waals surface area (Å²) < 4.78 is 5.93. The molecule has 0 radical (unpaired) electrons. The van der Waals surface area contributed by atoms with Crippen molar-refractivity contribution in [2.24, 2.45) is 0 Å². The average molecular weight is 388 g/mol. The number of hydrogen-bond donors (Lipinski definition) is 2. The summed E-state index contributed by atoms with van der Waals surface area (Å²) >= 11 is 0. The predicted molar refractivity (Wildman–Crippen MR) is 124 cm³/mol. The molecule has 1 aliphatic rings. The van der Waals surface area contributed by atoms with E-state index in [1.165, 1.54) is 38.5 Å². The van der Waals surface area contributed by atoms with Crippen LogP contribution in [0, 0.1) is 0 Å². The quantitative estimate of drug-likeness (QED) is 0.318. The molecule has 5 aromatic carbocycles. The molecule has 5 aromatic rings. The lowest BCUT2D eigenvalue weighted by Gasteiger charge is -2.14. The van der Waals surface area contributed by atoms with E-state index in [-0.39, 0.29) is 6.17 Å². The van der Waals surface area contributed by atoms with E-state index in [1.807, 2.05) is 42.5 Å². The third kappa shape index (κ3) is 2.75. The summed E-state index contributed by atoms with van der Waals surface area (Å²) in [7, 11) is 0.